The third-order valence-electron chi connectivity index (χ3n) is 6.15. The second kappa shape index (κ2) is 9.77. The molecule has 2 amide bonds. The number of rotatable bonds is 7. The van der Waals surface area contributed by atoms with Gasteiger partial charge in [0, 0.05) is 24.2 Å². The van der Waals surface area contributed by atoms with E-state index < -0.39 is 5.92 Å². The van der Waals surface area contributed by atoms with Gasteiger partial charge in [-0.25, -0.2) is 0 Å². The molecule has 1 N–H and O–H groups in total. The molecule has 4 rings (SSSR count). The van der Waals surface area contributed by atoms with Crippen LogP contribution in [0.5, 0.6) is 11.5 Å². The van der Waals surface area contributed by atoms with E-state index in [-0.39, 0.29) is 24.3 Å². The fraction of sp³-hybridized carbons (Fsp3) is 0.259. The molecule has 1 saturated heterocycles. The summed E-state index contributed by atoms with van der Waals surface area (Å²) in [5, 5.41) is 2.99. The number of amides is 2. The minimum Gasteiger partial charge on any atom is -0.497 e. The number of nitrogens with one attached hydrogen (secondary N) is 1. The van der Waals surface area contributed by atoms with E-state index in [9.17, 15) is 9.59 Å². The summed E-state index contributed by atoms with van der Waals surface area (Å²) < 4.78 is 10.8. The molecule has 6 heteroatoms. The highest BCUT2D eigenvalue weighted by Crippen LogP contribution is 2.34. The van der Waals surface area contributed by atoms with Crippen LogP contribution < -0.4 is 14.8 Å². The molecule has 1 aliphatic rings. The maximum atomic E-state index is 13.0. The molecule has 170 valence electrons. The van der Waals surface area contributed by atoms with E-state index in [2.05, 4.69) is 5.32 Å². The van der Waals surface area contributed by atoms with Crippen LogP contribution in [0.15, 0.2) is 72.8 Å². The van der Waals surface area contributed by atoms with Gasteiger partial charge < -0.3 is 19.7 Å². The van der Waals surface area contributed by atoms with Gasteiger partial charge in [-0.2, -0.15) is 0 Å². The Bertz CT molecular complexity index is 1130. The van der Waals surface area contributed by atoms with Crippen LogP contribution in [0.2, 0.25) is 0 Å². The number of ether oxygens (including phenoxy) is 2. The average molecular weight is 445 g/mol. The number of nitrogens with zero attached hydrogens (tertiary/aromatic N) is 1. The molecule has 0 radical (unpaired) electrons. The second-order valence-electron chi connectivity index (χ2n) is 8.17. The van der Waals surface area contributed by atoms with Gasteiger partial charge >= 0.3 is 0 Å². The Kier molecular flexibility index (Phi) is 6.63. The highest BCUT2D eigenvalue weighted by molar-refractivity contribution is 5.98. The van der Waals surface area contributed by atoms with E-state index >= 15 is 0 Å². The number of carbonyl (C=O) groups is 2. The molecule has 3 aromatic carbocycles. The third-order valence-corrected chi connectivity index (χ3v) is 6.15. The Labute approximate surface area is 194 Å². The molecule has 0 bridgehead atoms. The number of benzene rings is 3. The summed E-state index contributed by atoms with van der Waals surface area (Å²) in [6, 6.07) is 23.0. The molecule has 0 aliphatic carbocycles. The van der Waals surface area contributed by atoms with E-state index in [4.69, 9.17) is 9.47 Å². The van der Waals surface area contributed by atoms with Gasteiger partial charge in [0.2, 0.25) is 11.8 Å². The Hall–Kier alpha value is -3.80. The van der Waals surface area contributed by atoms with Crippen molar-refractivity contribution in [1.82, 2.24) is 4.90 Å². The lowest BCUT2D eigenvalue weighted by Crippen LogP contribution is -2.30. The summed E-state index contributed by atoms with van der Waals surface area (Å²) in [4.78, 5) is 27.5. The normalized spacial score (nSPS) is 16.4. The van der Waals surface area contributed by atoms with Gasteiger partial charge in [0.1, 0.15) is 11.5 Å². The van der Waals surface area contributed by atoms with Crippen molar-refractivity contribution in [1.29, 1.82) is 0 Å². The first-order valence-electron chi connectivity index (χ1n) is 11.0. The zero-order valence-corrected chi connectivity index (χ0v) is 19.1. The first-order valence-corrected chi connectivity index (χ1v) is 11.0. The Balaban J connectivity index is 1.48. The summed E-state index contributed by atoms with van der Waals surface area (Å²) in [5.41, 5.74) is 3.53. The number of likely N-dealkylation sites (tertiary alicyclic amines) is 1. The average Bonchev–Trinajstić information content (AvgIpc) is 3.25. The monoisotopic (exact) mass is 444 g/mol. The third kappa shape index (κ3) is 4.85. The molecule has 0 saturated carbocycles. The van der Waals surface area contributed by atoms with E-state index in [1.54, 1.807) is 19.1 Å². The van der Waals surface area contributed by atoms with Crippen molar-refractivity contribution in [2.75, 3.05) is 26.1 Å². The van der Waals surface area contributed by atoms with Gasteiger partial charge in [-0.05, 0) is 48.4 Å². The van der Waals surface area contributed by atoms with Crippen LogP contribution in [0.25, 0.3) is 11.1 Å². The summed E-state index contributed by atoms with van der Waals surface area (Å²) in [7, 11) is 3.24. The first kappa shape index (κ1) is 22.4. The van der Waals surface area contributed by atoms with Crippen LogP contribution in [0.1, 0.15) is 24.9 Å². The molecule has 1 heterocycles. The molecular weight excluding hydrogens is 416 g/mol. The van der Waals surface area contributed by atoms with E-state index in [0.717, 1.165) is 22.4 Å². The SMILES string of the molecule is COc1ccc(-c2cc(NC(=O)[C@@H]3CC(=O)N([C@@H](C)c4ccccc4)C3)ccc2OC)cc1. The van der Waals surface area contributed by atoms with Crippen molar-refractivity contribution in [3.8, 4) is 22.6 Å². The molecule has 3 aromatic rings. The summed E-state index contributed by atoms with van der Waals surface area (Å²) in [6.45, 7) is 2.40. The molecule has 6 nitrogen and oxygen atoms in total. The lowest BCUT2D eigenvalue weighted by atomic mass is 10.0. The van der Waals surface area contributed by atoms with Crippen molar-refractivity contribution >= 4 is 17.5 Å². The topological polar surface area (TPSA) is 67.9 Å². The van der Waals surface area contributed by atoms with Gasteiger partial charge in [-0.3, -0.25) is 9.59 Å². The number of hydrogen-bond acceptors (Lipinski definition) is 4. The first-order chi connectivity index (χ1) is 16.0. The van der Waals surface area contributed by atoms with Crippen LogP contribution in [-0.2, 0) is 9.59 Å². The standard InChI is InChI=1S/C27H28N2O4/c1-18(19-7-5-4-6-8-19)29-17-21(15-26(29)30)27(31)28-22-11-14-25(33-3)24(16-22)20-9-12-23(32-2)13-10-20/h4-14,16,18,21H,15,17H2,1-3H3,(H,28,31)/t18-,21+/m0/s1. The summed E-state index contributed by atoms with van der Waals surface area (Å²) in [6.07, 6.45) is 0.213. The van der Waals surface area contributed by atoms with Gasteiger partial charge in [-0.15, -0.1) is 0 Å². The number of hydrogen-bond donors (Lipinski definition) is 1. The number of anilines is 1. The maximum absolute atomic E-state index is 13.0. The zero-order chi connectivity index (χ0) is 23.4. The Morgan fingerprint density at radius 2 is 1.73 bits per heavy atom. The maximum Gasteiger partial charge on any atom is 0.229 e. The van der Waals surface area contributed by atoms with Crippen LogP contribution >= 0.6 is 0 Å². The predicted molar refractivity (Wildman–Crippen MR) is 128 cm³/mol. The quantitative estimate of drug-likeness (QED) is 0.562. The second-order valence-corrected chi connectivity index (χ2v) is 8.17. The van der Waals surface area contributed by atoms with Gasteiger partial charge in [0.25, 0.3) is 0 Å². The van der Waals surface area contributed by atoms with E-state index in [0.29, 0.717) is 18.0 Å². The van der Waals surface area contributed by atoms with Crippen molar-refractivity contribution in [2.45, 2.75) is 19.4 Å². The number of carbonyl (C=O) groups excluding carboxylic acids is 2. The van der Waals surface area contributed by atoms with E-state index in [1.165, 1.54) is 0 Å². The van der Waals surface area contributed by atoms with E-state index in [1.807, 2.05) is 79.7 Å². The van der Waals surface area contributed by atoms with Gasteiger partial charge in [0.05, 0.1) is 26.2 Å². The summed E-state index contributed by atoms with van der Waals surface area (Å²) in [5.74, 6) is 0.923. The Morgan fingerprint density at radius 3 is 2.39 bits per heavy atom. The highest BCUT2D eigenvalue weighted by Gasteiger charge is 2.37. The predicted octanol–water partition coefficient (Wildman–Crippen LogP) is 4.92. The lowest BCUT2D eigenvalue weighted by molar-refractivity contribution is -0.129. The molecule has 2 atom stereocenters. The smallest absolute Gasteiger partial charge is 0.229 e. The largest absolute Gasteiger partial charge is 0.497 e. The zero-order valence-electron chi connectivity index (χ0n) is 19.1. The van der Waals surface area contributed by atoms with Gasteiger partial charge in [0.15, 0.2) is 0 Å². The van der Waals surface area contributed by atoms with Crippen molar-refractivity contribution in [3.05, 3.63) is 78.4 Å². The molecule has 0 spiro atoms. The van der Waals surface area contributed by atoms with Crippen LogP contribution in [-0.4, -0.2) is 37.5 Å². The molecule has 0 unspecified atom stereocenters. The van der Waals surface area contributed by atoms with Crippen LogP contribution in [0.4, 0.5) is 5.69 Å². The highest BCUT2D eigenvalue weighted by atomic mass is 16.5. The fourth-order valence-corrected chi connectivity index (χ4v) is 4.22. The van der Waals surface area contributed by atoms with Crippen molar-refractivity contribution < 1.29 is 19.1 Å². The summed E-state index contributed by atoms with van der Waals surface area (Å²) >= 11 is 0. The van der Waals surface area contributed by atoms with Crippen LogP contribution in [0, 0.1) is 5.92 Å². The molecule has 0 aromatic heterocycles. The molecule has 1 aliphatic heterocycles. The van der Waals surface area contributed by atoms with Gasteiger partial charge in [-0.1, -0.05) is 42.5 Å². The minimum atomic E-state index is -0.393. The van der Waals surface area contributed by atoms with Crippen molar-refractivity contribution in [2.24, 2.45) is 5.92 Å². The fourth-order valence-electron chi connectivity index (χ4n) is 4.22. The van der Waals surface area contributed by atoms with Crippen LogP contribution in [0.3, 0.4) is 0 Å². The Morgan fingerprint density at radius 1 is 1.00 bits per heavy atom. The minimum absolute atomic E-state index is 0.000144. The lowest BCUT2D eigenvalue weighted by Gasteiger charge is -2.25. The molecule has 33 heavy (non-hydrogen) atoms. The molecular formula is C27H28N2O4. The number of methoxy groups -OCH3 is 2. The molecule has 1 fully saturated rings. The van der Waals surface area contributed by atoms with Crippen molar-refractivity contribution in [3.63, 3.8) is 0 Å².